The summed E-state index contributed by atoms with van der Waals surface area (Å²) in [5.74, 6) is -1.60. The monoisotopic (exact) mass is 217 g/mol. The van der Waals surface area contributed by atoms with Gasteiger partial charge in [0.15, 0.2) is 0 Å². The summed E-state index contributed by atoms with van der Waals surface area (Å²) in [6.45, 7) is 0.773. The third-order valence-corrected chi connectivity index (χ3v) is 3.39. The molecule has 2 heterocycles. The maximum atomic E-state index is 10.9. The van der Waals surface area contributed by atoms with Crippen LogP contribution in [0.2, 0.25) is 0 Å². The first-order valence-corrected chi connectivity index (χ1v) is 5.03. The molecule has 15 heavy (non-hydrogen) atoms. The van der Waals surface area contributed by atoms with Gasteiger partial charge in [0.1, 0.15) is 6.10 Å². The molecule has 2 saturated heterocycles. The van der Waals surface area contributed by atoms with Crippen LogP contribution in [0.4, 0.5) is 0 Å². The van der Waals surface area contributed by atoms with Crippen LogP contribution in [0.1, 0.15) is 6.42 Å². The van der Waals surface area contributed by atoms with Crippen molar-refractivity contribution in [2.24, 2.45) is 5.92 Å². The zero-order valence-corrected chi connectivity index (χ0v) is 8.15. The molecule has 2 fully saturated rings. The molecule has 2 aliphatic rings. The lowest BCUT2D eigenvalue weighted by Crippen LogP contribution is -2.61. The summed E-state index contributed by atoms with van der Waals surface area (Å²) in [5, 5.41) is 37.6. The second-order valence-corrected chi connectivity index (χ2v) is 4.27. The van der Waals surface area contributed by atoms with Crippen molar-refractivity contribution in [1.29, 1.82) is 0 Å². The van der Waals surface area contributed by atoms with Crippen LogP contribution >= 0.6 is 0 Å². The van der Waals surface area contributed by atoms with Gasteiger partial charge in [-0.3, -0.25) is 9.69 Å². The summed E-state index contributed by atoms with van der Waals surface area (Å²) in [6, 6.07) is -0.569. The Morgan fingerprint density at radius 2 is 1.87 bits per heavy atom. The average molecular weight is 217 g/mol. The number of hydrogen-bond acceptors (Lipinski definition) is 5. The molecule has 0 amide bonds. The quantitative estimate of drug-likeness (QED) is 0.400. The van der Waals surface area contributed by atoms with Gasteiger partial charge in [0.25, 0.3) is 0 Å². The minimum atomic E-state index is -1.24. The van der Waals surface area contributed by atoms with Gasteiger partial charge < -0.3 is 20.4 Å². The molecule has 6 nitrogen and oxygen atoms in total. The van der Waals surface area contributed by atoms with Gasteiger partial charge in [-0.1, -0.05) is 0 Å². The van der Waals surface area contributed by atoms with Crippen LogP contribution in [0.3, 0.4) is 0 Å². The molecule has 5 atom stereocenters. The number of carboxylic acid groups (broad SMARTS) is 1. The largest absolute Gasteiger partial charge is 0.481 e. The molecule has 0 saturated carbocycles. The van der Waals surface area contributed by atoms with E-state index in [0.717, 1.165) is 0 Å². The Morgan fingerprint density at radius 3 is 2.47 bits per heavy atom. The highest BCUT2D eigenvalue weighted by Gasteiger charge is 2.50. The highest BCUT2D eigenvalue weighted by molar-refractivity contribution is 5.71. The maximum Gasteiger partial charge on any atom is 0.308 e. The van der Waals surface area contributed by atoms with E-state index >= 15 is 0 Å². The fourth-order valence-electron chi connectivity index (χ4n) is 2.59. The molecule has 0 aromatic rings. The van der Waals surface area contributed by atoms with Crippen molar-refractivity contribution in [3.05, 3.63) is 0 Å². The van der Waals surface area contributed by atoms with E-state index in [4.69, 9.17) is 5.11 Å². The number of aliphatic hydroxyl groups excluding tert-OH is 3. The van der Waals surface area contributed by atoms with E-state index < -0.39 is 36.2 Å². The zero-order chi connectivity index (χ0) is 11.2. The van der Waals surface area contributed by atoms with E-state index in [1.807, 2.05) is 0 Å². The molecule has 0 aromatic carbocycles. The third-order valence-electron chi connectivity index (χ3n) is 3.39. The average Bonchev–Trinajstić information content (AvgIpc) is 2.58. The summed E-state index contributed by atoms with van der Waals surface area (Å²) < 4.78 is 0. The lowest BCUT2D eigenvalue weighted by Gasteiger charge is -2.41. The first-order valence-electron chi connectivity index (χ1n) is 5.03. The van der Waals surface area contributed by atoms with Crippen molar-refractivity contribution >= 4 is 5.97 Å². The van der Waals surface area contributed by atoms with E-state index in [-0.39, 0.29) is 6.54 Å². The Balaban J connectivity index is 2.19. The number of piperidine rings is 1. The van der Waals surface area contributed by atoms with Crippen molar-refractivity contribution in [1.82, 2.24) is 4.90 Å². The van der Waals surface area contributed by atoms with Gasteiger partial charge in [-0.05, 0) is 13.0 Å². The molecule has 2 rings (SSSR count). The number of rotatable bonds is 1. The summed E-state index contributed by atoms with van der Waals surface area (Å²) in [6.07, 6.45) is -2.97. The van der Waals surface area contributed by atoms with Gasteiger partial charge in [0, 0.05) is 6.54 Å². The molecule has 4 N–H and O–H groups in total. The van der Waals surface area contributed by atoms with E-state index in [1.165, 1.54) is 0 Å². The fourth-order valence-corrected chi connectivity index (χ4v) is 2.59. The van der Waals surface area contributed by atoms with Crippen LogP contribution in [-0.4, -0.2) is 68.7 Å². The number of nitrogens with zero attached hydrogens (tertiary/aromatic N) is 1. The Labute approximate surface area is 86.7 Å². The predicted molar refractivity (Wildman–Crippen MR) is 49.1 cm³/mol. The molecule has 86 valence electrons. The van der Waals surface area contributed by atoms with Gasteiger partial charge in [-0.25, -0.2) is 0 Å². The SMILES string of the molecule is O=C(O)C1CCN2CC(O)C(O)C(O)[C@@H]12. The molecule has 0 spiro atoms. The third kappa shape index (κ3) is 1.63. The molecular formula is C9H15NO5. The van der Waals surface area contributed by atoms with Crippen molar-refractivity contribution in [2.75, 3.05) is 13.1 Å². The first kappa shape index (κ1) is 10.8. The van der Waals surface area contributed by atoms with Crippen LogP contribution in [0.5, 0.6) is 0 Å². The van der Waals surface area contributed by atoms with Crippen molar-refractivity contribution in [3.8, 4) is 0 Å². The zero-order valence-electron chi connectivity index (χ0n) is 8.15. The lowest BCUT2D eigenvalue weighted by molar-refractivity contribution is -0.155. The number of carbonyl (C=O) groups is 1. The standard InChI is InChI=1S/C9H15NO5/c11-5-3-10-2-1-4(9(14)15)6(10)8(13)7(5)12/h4-8,11-13H,1-3H2,(H,14,15)/t4?,5?,6-,7?,8?/m1/s1. The number of aliphatic carboxylic acids is 1. The minimum absolute atomic E-state index is 0.229. The van der Waals surface area contributed by atoms with Crippen molar-refractivity contribution < 1.29 is 25.2 Å². The number of fused-ring (bicyclic) bond motifs is 1. The predicted octanol–water partition coefficient (Wildman–Crippen LogP) is -2.14. The minimum Gasteiger partial charge on any atom is -0.481 e. The molecule has 0 bridgehead atoms. The van der Waals surface area contributed by atoms with Gasteiger partial charge in [-0.2, -0.15) is 0 Å². The van der Waals surface area contributed by atoms with Gasteiger partial charge in [-0.15, -0.1) is 0 Å². The molecule has 6 heteroatoms. The van der Waals surface area contributed by atoms with E-state index in [0.29, 0.717) is 13.0 Å². The van der Waals surface area contributed by atoms with Gasteiger partial charge in [0.05, 0.1) is 24.2 Å². The summed E-state index contributed by atoms with van der Waals surface area (Å²) in [7, 11) is 0. The summed E-state index contributed by atoms with van der Waals surface area (Å²) in [5.41, 5.74) is 0. The molecule has 0 aromatic heterocycles. The second kappa shape index (κ2) is 3.71. The smallest absolute Gasteiger partial charge is 0.308 e. The normalized spacial score (nSPS) is 46.5. The summed E-state index contributed by atoms with van der Waals surface area (Å²) in [4.78, 5) is 12.6. The van der Waals surface area contributed by atoms with Crippen LogP contribution in [0.15, 0.2) is 0 Å². The highest BCUT2D eigenvalue weighted by atomic mass is 16.4. The number of hydrogen-bond donors (Lipinski definition) is 4. The second-order valence-electron chi connectivity index (χ2n) is 4.27. The number of carboxylic acids is 1. The summed E-state index contributed by atoms with van der Waals surface area (Å²) >= 11 is 0. The Hall–Kier alpha value is -0.690. The lowest BCUT2D eigenvalue weighted by atomic mass is 9.88. The molecule has 0 aliphatic carbocycles. The molecule has 4 unspecified atom stereocenters. The highest BCUT2D eigenvalue weighted by Crippen LogP contribution is 2.32. The van der Waals surface area contributed by atoms with Crippen LogP contribution in [0, 0.1) is 5.92 Å². The maximum absolute atomic E-state index is 10.9. The number of aliphatic hydroxyl groups is 3. The van der Waals surface area contributed by atoms with E-state index in [9.17, 15) is 20.1 Å². The van der Waals surface area contributed by atoms with Gasteiger partial charge >= 0.3 is 5.97 Å². The first-order chi connectivity index (χ1) is 7.02. The Bertz CT molecular complexity index is 271. The topological polar surface area (TPSA) is 101 Å². The van der Waals surface area contributed by atoms with Crippen LogP contribution < -0.4 is 0 Å². The molecule has 2 aliphatic heterocycles. The van der Waals surface area contributed by atoms with E-state index in [2.05, 4.69) is 0 Å². The van der Waals surface area contributed by atoms with Crippen molar-refractivity contribution in [2.45, 2.75) is 30.8 Å². The Kier molecular flexibility index (Phi) is 2.68. The van der Waals surface area contributed by atoms with Crippen LogP contribution in [0.25, 0.3) is 0 Å². The Morgan fingerprint density at radius 1 is 1.20 bits per heavy atom. The van der Waals surface area contributed by atoms with E-state index in [1.54, 1.807) is 4.90 Å². The van der Waals surface area contributed by atoms with Crippen LogP contribution in [-0.2, 0) is 4.79 Å². The molecule has 0 radical (unpaired) electrons. The van der Waals surface area contributed by atoms with Crippen molar-refractivity contribution in [3.63, 3.8) is 0 Å². The molecular weight excluding hydrogens is 202 g/mol. The van der Waals surface area contributed by atoms with Gasteiger partial charge in [0.2, 0.25) is 0 Å². The fraction of sp³-hybridized carbons (Fsp3) is 0.889.